The van der Waals surface area contributed by atoms with E-state index in [0.29, 0.717) is 39.1 Å². The van der Waals surface area contributed by atoms with Crippen LogP contribution in [0.2, 0.25) is 0 Å². The fourth-order valence-corrected chi connectivity index (χ4v) is 7.70. The van der Waals surface area contributed by atoms with Crippen molar-refractivity contribution in [2.75, 3.05) is 39.5 Å². The number of ketones is 1. The summed E-state index contributed by atoms with van der Waals surface area (Å²) in [5.41, 5.74) is 1.02. The van der Waals surface area contributed by atoms with E-state index >= 15 is 0 Å². The molecule has 0 bridgehead atoms. The Balaban J connectivity index is 1.13. The second-order valence-corrected chi connectivity index (χ2v) is 16.5. The third kappa shape index (κ3) is 12.1. The van der Waals surface area contributed by atoms with Gasteiger partial charge in [-0.2, -0.15) is 0 Å². The molecule has 2 aromatic carbocycles. The molecule has 6 atom stereocenters. The molecule has 4 amide bonds. The largest absolute Gasteiger partial charge is 0.390 e. The summed E-state index contributed by atoms with van der Waals surface area (Å²) >= 11 is 0. The molecule has 6 rings (SSSR count). The summed E-state index contributed by atoms with van der Waals surface area (Å²) in [5, 5.41) is 12.5. The van der Waals surface area contributed by atoms with Gasteiger partial charge in [-0.25, -0.2) is 0 Å². The number of carbonyl (C=O) groups is 6. The number of ether oxygens (including phenoxy) is 3. The maximum absolute atomic E-state index is 14.3. The first-order valence-electron chi connectivity index (χ1n) is 20.7. The van der Waals surface area contributed by atoms with E-state index in [1.54, 1.807) is 6.92 Å². The fraction of sp³-hybridized carbons (Fsp3) is 0.523. The predicted octanol–water partition coefficient (Wildman–Crippen LogP) is 2.18. The first-order valence-corrected chi connectivity index (χ1v) is 20.7. The van der Waals surface area contributed by atoms with Crippen molar-refractivity contribution in [3.63, 3.8) is 0 Å². The number of carbonyl (C=O) groups excluding carboxylic acids is 6. The maximum Gasteiger partial charge on any atom is 0.327 e. The van der Waals surface area contributed by atoms with Crippen LogP contribution < -0.4 is 20.7 Å². The van der Waals surface area contributed by atoms with Crippen LogP contribution in [-0.4, -0.2) is 126 Å². The average molecular weight is 829 g/mol. The van der Waals surface area contributed by atoms with Crippen LogP contribution in [0.4, 0.5) is 0 Å². The predicted molar refractivity (Wildman–Crippen MR) is 217 cm³/mol. The van der Waals surface area contributed by atoms with Crippen LogP contribution in [0.1, 0.15) is 63.8 Å². The van der Waals surface area contributed by atoms with E-state index in [9.17, 15) is 28.8 Å². The number of benzene rings is 2. The molecule has 4 heterocycles. The van der Waals surface area contributed by atoms with Gasteiger partial charge in [0, 0.05) is 31.6 Å². The summed E-state index contributed by atoms with van der Waals surface area (Å²) in [6.45, 7) is 10.1. The molecule has 16 nitrogen and oxygen atoms in total. The number of nitrogens with zero attached hydrogens (tertiary/aromatic N) is 3. The SMILES string of the molecule is CC(C)C[C@H](NC(=O)[C@H](Cc1ccccc1)N1C(=O)[C@@H](NC(=O)[C@H](CCc2ccccc2)NC(=O)Cc2cc(OC(=O)CN3CCOCC3)on2)CC1C)C(=O)C1(C)CO1. The molecule has 3 aliphatic heterocycles. The van der Waals surface area contributed by atoms with Gasteiger partial charge in [-0.05, 0) is 56.6 Å². The Morgan fingerprint density at radius 3 is 2.25 bits per heavy atom. The van der Waals surface area contributed by atoms with Crippen molar-refractivity contribution >= 4 is 35.4 Å². The van der Waals surface area contributed by atoms with Crippen LogP contribution in [0.3, 0.4) is 0 Å². The van der Waals surface area contributed by atoms with Gasteiger partial charge in [0.25, 0.3) is 0 Å². The van der Waals surface area contributed by atoms with Crippen molar-refractivity contribution < 1.29 is 47.5 Å². The molecule has 16 heteroatoms. The number of aryl methyl sites for hydroxylation is 1. The second kappa shape index (κ2) is 20.2. The third-order valence-electron chi connectivity index (χ3n) is 11.0. The van der Waals surface area contributed by atoms with E-state index in [1.165, 1.54) is 11.0 Å². The Kier molecular flexibility index (Phi) is 14.9. The van der Waals surface area contributed by atoms with Gasteiger partial charge < -0.3 is 39.6 Å². The molecule has 0 spiro atoms. The van der Waals surface area contributed by atoms with E-state index in [4.69, 9.17) is 18.7 Å². The Labute approximate surface area is 350 Å². The van der Waals surface area contributed by atoms with Crippen LogP contribution in [0.25, 0.3) is 0 Å². The number of nitrogens with one attached hydrogen (secondary N) is 3. The van der Waals surface area contributed by atoms with Gasteiger partial charge in [0.05, 0.1) is 44.5 Å². The minimum atomic E-state index is -1.04. The zero-order chi connectivity index (χ0) is 42.8. The molecular formula is C44H56N6O10. The number of likely N-dealkylation sites (tertiary alicyclic amines) is 1. The summed E-state index contributed by atoms with van der Waals surface area (Å²) in [4.78, 5) is 85.3. The van der Waals surface area contributed by atoms with Crippen LogP contribution in [0.15, 0.2) is 71.3 Å². The van der Waals surface area contributed by atoms with E-state index in [0.717, 1.165) is 11.1 Å². The number of aromatic nitrogens is 1. The van der Waals surface area contributed by atoms with Gasteiger partial charge in [-0.15, -0.1) is 0 Å². The highest BCUT2D eigenvalue weighted by atomic mass is 16.7. The van der Waals surface area contributed by atoms with Crippen molar-refractivity contribution in [1.29, 1.82) is 0 Å². The van der Waals surface area contributed by atoms with Crippen LogP contribution >= 0.6 is 0 Å². The van der Waals surface area contributed by atoms with Gasteiger partial charge in [0.1, 0.15) is 23.7 Å². The molecule has 3 aromatic rings. The summed E-state index contributed by atoms with van der Waals surface area (Å²) in [6, 6.07) is 15.9. The molecule has 322 valence electrons. The molecule has 0 radical (unpaired) electrons. The lowest BCUT2D eigenvalue weighted by molar-refractivity contribution is -0.142. The standard InChI is InChI=1S/C44H56N6O10/c1-28(2)21-34(40(53)44(4)27-58-44)46-42(55)36(23-31-13-9-6-10-14-31)50-29(3)22-35(43(50)56)47-41(54)33(16-15-30-11-7-5-8-12-30)45-37(51)24-32-25-39(60-48-32)59-38(52)26-49-17-19-57-20-18-49/h5-14,25,28-29,33-36H,15-24,26-27H2,1-4H3,(H,45,51)(H,46,55)(H,47,54)/t29?,33-,34-,35-,36-,44?/m0/s1. The van der Waals surface area contributed by atoms with Gasteiger partial charge in [-0.3, -0.25) is 33.7 Å². The van der Waals surface area contributed by atoms with Crippen molar-refractivity contribution in [3.8, 4) is 5.95 Å². The smallest absolute Gasteiger partial charge is 0.327 e. The van der Waals surface area contributed by atoms with E-state index < -0.39 is 65.4 Å². The monoisotopic (exact) mass is 828 g/mol. The van der Waals surface area contributed by atoms with Gasteiger partial charge in [0.2, 0.25) is 23.6 Å². The number of esters is 1. The average Bonchev–Trinajstić information content (AvgIpc) is 3.73. The normalized spacial score (nSPS) is 21.8. The molecular weight excluding hydrogens is 773 g/mol. The van der Waals surface area contributed by atoms with E-state index in [1.807, 2.05) is 86.3 Å². The number of hydrogen-bond acceptors (Lipinski definition) is 12. The molecule has 2 unspecified atom stereocenters. The van der Waals surface area contributed by atoms with Crippen molar-refractivity contribution in [1.82, 2.24) is 30.9 Å². The molecule has 0 aliphatic carbocycles. The van der Waals surface area contributed by atoms with E-state index in [2.05, 4.69) is 21.1 Å². The Hall–Kier alpha value is -5.45. The molecule has 0 saturated carbocycles. The quantitative estimate of drug-likeness (QED) is 0.111. The third-order valence-corrected chi connectivity index (χ3v) is 11.0. The van der Waals surface area contributed by atoms with Crippen molar-refractivity contribution in [2.45, 2.75) is 102 Å². The maximum atomic E-state index is 14.3. The lowest BCUT2D eigenvalue weighted by Gasteiger charge is -2.33. The molecule has 3 saturated heterocycles. The number of amides is 4. The zero-order valence-corrected chi connectivity index (χ0v) is 34.7. The van der Waals surface area contributed by atoms with E-state index in [-0.39, 0.29) is 62.2 Å². The summed E-state index contributed by atoms with van der Waals surface area (Å²) in [6.07, 6.45) is 1.21. The Morgan fingerprint density at radius 2 is 1.60 bits per heavy atom. The molecule has 60 heavy (non-hydrogen) atoms. The first kappa shape index (κ1) is 44.1. The second-order valence-electron chi connectivity index (χ2n) is 16.5. The van der Waals surface area contributed by atoms with Gasteiger partial charge in [-0.1, -0.05) is 79.7 Å². The number of epoxide rings is 1. The zero-order valence-electron chi connectivity index (χ0n) is 34.7. The van der Waals surface area contributed by atoms with Crippen LogP contribution in [-0.2, 0) is 57.5 Å². The first-order chi connectivity index (χ1) is 28.8. The number of morpholine rings is 1. The summed E-state index contributed by atoms with van der Waals surface area (Å²) < 4.78 is 21.2. The van der Waals surface area contributed by atoms with Crippen LogP contribution in [0, 0.1) is 5.92 Å². The lowest BCUT2D eigenvalue weighted by Crippen LogP contribution is -2.57. The highest BCUT2D eigenvalue weighted by molar-refractivity contribution is 5.99. The van der Waals surface area contributed by atoms with Crippen molar-refractivity contribution in [2.24, 2.45) is 5.92 Å². The van der Waals surface area contributed by atoms with Crippen molar-refractivity contribution in [3.05, 3.63) is 83.6 Å². The molecule has 3 N–H and O–H groups in total. The molecule has 1 aromatic heterocycles. The minimum absolute atomic E-state index is 0.0497. The van der Waals surface area contributed by atoms with Gasteiger partial charge in [0.15, 0.2) is 5.78 Å². The highest BCUT2D eigenvalue weighted by Gasteiger charge is 2.51. The summed E-state index contributed by atoms with van der Waals surface area (Å²) in [5.74, 6) is -2.80. The molecule has 3 fully saturated rings. The highest BCUT2D eigenvalue weighted by Crippen LogP contribution is 2.30. The lowest BCUT2D eigenvalue weighted by atomic mass is 9.92. The fourth-order valence-electron chi connectivity index (χ4n) is 7.70. The number of Topliss-reactive ketones (excluding diaryl/α,β-unsaturated/α-hetero) is 1. The number of hydrogen-bond donors (Lipinski definition) is 3. The van der Waals surface area contributed by atoms with Gasteiger partial charge >= 0.3 is 11.9 Å². The Morgan fingerprint density at radius 1 is 0.933 bits per heavy atom. The topological polar surface area (TPSA) is 202 Å². The molecule has 3 aliphatic rings. The Bertz CT molecular complexity index is 1960. The number of rotatable bonds is 20. The minimum Gasteiger partial charge on any atom is -0.390 e. The summed E-state index contributed by atoms with van der Waals surface area (Å²) in [7, 11) is 0. The van der Waals surface area contributed by atoms with Crippen LogP contribution in [0.5, 0.6) is 5.95 Å².